The minimum Gasteiger partial charge on any atom is -0.504 e. The minimum absolute atomic E-state index is 0.0208. The Labute approximate surface area is 139 Å². The first kappa shape index (κ1) is 15.7. The lowest BCUT2D eigenvalue weighted by atomic mass is 10.1. The van der Waals surface area contributed by atoms with Crippen LogP contribution in [0.2, 0.25) is 0 Å². The maximum atomic E-state index is 10.6. The van der Waals surface area contributed by atoms with Crippen molar-refractivity contribution in [2.45, 2.75) is 0 Å². The number of carboxylic acid groups (broad SMARTS) is 1. The molecule has 5 heteroatoms. The van der Waals surface area contributed by atoms with Crippen molar-refractivity contribution >= 4 is 28.7 Å². The maximum Gasteiger partial charge on any atom is 0.328 e. The van der Waals surface area contributed by atoms with E-state index in [9.17, 15) is 9.90 Å². The third kappa shape index (κ3) is 3.10. The van der Waals surface area contributed by atoms with Crippen LogP contribution < -0.4 is 4.90 Å². The summed E-state index contributed by atoms with van der Waals surface area (Å²) in [4.78, 5) is 12.6. The fourth-order valence-electron chi connectivity index (χ4n) is 2.50. The summed E-state index contributed by atoms with van der Waals surface area (Å²) in [6, 6.07) is 13.0. The number of rotatable bonds is 4. The highest BCUT2D eigenvalue weighted by molar-refractivity contribution is 5.91. The van der Waals surface area contributed by atoms with E-state index in [1.807, 2.05) is 49.3 Å². The largest absolute Gasteiger partial charge is 0.504 e. The van der Waals surface area contributed by atoms with E-state index in [1.165, 1.54) is 12.1 Å². The van der Waals surface area contributed by atoms with Gasteiger partial charge in [-0.05, 0) is 42.0 Å². The van der Waals surface area contributed by atoms with Crippen LogP contribution in [0.1, 0.15) is 5.56 Å². The summed E-state index contributed by atoms with van der Waals surface area (Å²) in [5, 5.41) is 19.6. The summed E-state index contributed by atoms with van der Waals surface area (Å²) in [5.41, 5.74) is 2.92. The molecule has 0 radical (unpaired) electrons. The Hall–Kier alpha value is -3.21. The van der Waals surface area contributed by atoms with E-state index in [0.29, 0.717) is 22.3 Å². The Morgan fingerprint density at radius 2 is 1.96 bits per heavy atom. The zero-order valence-corrected chi connectivity index (χ0v) is 13.4. The average molecular weight is 323 g/mol. The summed E-state index contributed by atoms with van der Waals surface area (Å²) in [6.07, 6.45) is 2.46. The second kappa shape index (κ2) is 6.12. The maximum absolute atomic E-state index is 10.6. The van der Waals surface area contributed by atoms with Crippen molar-refractivity contribution in [1.82, 2.24) is 0 Å². The number of aliphatic carboxylic acids is 1. The van der Waals surface area contributed by atoms with E-state index in [4.69, 9.17) is 9.52 Å². The highest BCUT2D eigenvalue weighted by Gasteiger charge is 2.11. The number of phenolic OH excluding ortho intramolecular Hbond substituents is 1. The van der Waals surface area contributed by atoms with Crippen LogP contribution in [0.3, 0.4) is 0 Å². The number of hydrogen-bond donors (Lipinski definition) is 2. The molecule has 0 unspecified atom stereocenters. The van der Waals surface area contributed by atoms with Gasteiger partial charge in [-0.3, -0.25) is 0 Å². The molecule has 0 fully saturated rings. The van der Waals surface area contributed by atoms with Crippen LogP contribution in [-0.4, -0.2) is 30.3 Å². The van der Waals surface area contributed by atoms with E-state index in [0.717, 1.165) is 17.3 Å². The Kier molecular flexibility index (Phi) is 4.00. The summed E-state index contributed by atoms with van der Waals surface area (Å²) in [6.45, 7) is 0. The smallest absolute Gasteiger partial charge is 0.328 e. The Morgan fingerprint density at radius 3 is 2.67 bits per heavy atom. The molecule has 24 heavy (non-hydrogen) atoms. The molecule has 3 aromatic rings. The first-order valence-electron chi connectivity index (χ1n) is 7.39. The third-order valence-corrected chi connectivity index (χ3v) is 3.68. The first-order chi connectivity index (χ1) is 11.4. The van der Waals surface area contributed by atoms with Gasteiger partial charge in [0.2, 0.25) is 0 Å². The summed E-state index contributed by atoms with van der Waals surface area (Å²) >= 11 is 0. The summed E-state index contributed by atoms with van der Waals surface area (Å²) < 4.78 is 5.79. The normalized spacial score (nSPS) is 11.2. The monoisotopic (exact) mass is 323 g/mol. The van der Waals surface area contributed by atoms with Crippen molar-refractivity contribution in [2.75, 3.05) is 19.0 Å². The molecule has 2 N–H and O–H groups in total. The molecular weight excluding hydrogens is 306 g/mol. The molecule has 3 rings (SSSR count). The fraction of sp³-hybridized carbons (Fsp3) is 0.105. The van der Waals surface area contributed by atoms with Crippen LogP contribution in [0.25, 0.3) is 28.4 Å². The second-order valence-electron chi connectivity index (χ2n) is 5.69. The van der Waals surface area contributed by atoms with E-state index >= 15 is 0 Å². The van der Waals surface area contributed by atoms with Crippen LogP contribution in [0, 0.1) is 0 Å². The zero-order valence-electron chi connectivity index (χ0n) is 13.4. The first-order valence-corrected chi connectivity index (χ1v) is 7.39. The highest BCUT2D eigenvalue weighted by atomic mass is 16.4. The zero-order chi connectivity index (χ0) is 17.3. The van der Waals surface area contributed by atoms with Crippen molar-refractivity contribution in [3.63, 3.8) is 0 Å². The molecule has 5 nitrogen and oxygen atoms in total. The summed E-state index contributed by atoms with van der Waals surface area (Å²) in [5.74, 6) is -0.418. The van der Waals surface area contributed by atoms with Crippen LogP contribution in [0.5, 0.6) is 5.75 Å². The molecule has 0 aliphatic rings. The van der Waals surface area contributed by atoms with Gasteiger partial charge in [0.15, 0.2) is 11.3 Å². The topological polar surface area (TPSA) is 73.9 Å². The Balaban J connectivity index is 2.07. The van der Waals surface area contributed by atoms with Crippen LogP contribution >= 0.6 is 0 Å². The molecule has 0 bridgehead atoms. The molecule has 1 aromatic heterocycles. The molecule has 0 atom stereocenters. The minimum atomic E-state index is -1.04. The number of aromatic hydroxyl groups is 1. The fourth-order valence-corrected chi connectivity index (χ4v) is 2.50. The van der Waals surface area contributed by atoms with Gasteiger partial charge < -0.3 is 19.5 Å². The summed E-state index contributed by atoms with van der Waals surface area (Å²) in [7, 11) is 3.93. The van der Waals surface area contributed by atoms with E-state index in [1.54, 1.807) is 6.07 Å². The lowest BCUT2D eigenvalue weighted by Gasteiger charge is -2.12. The number of benzene rings is 2. The molecule has 0 aliphatic heterocycles. The lowest BCUT2D eigenvalue weighted by Crippen LogP contribution is -2.08. The SMILES string of the molecule is CN(C)c1cccc(-c2cc3cc(/C=C/C(=O)O)cc(O)c3o2)c1. The molecule has 1 heterocycles. The number of phenols is 1. The quantitative estimate of drug-likeness (QED) is 0.711. The van der Waals surface area contributed by atoms with Gasteiger partial charge in [-0.2, -0.15) is 0 Å². The number of furan rings is 1. The predicted octanol–water partition coefficient (Wildman–Crippen LogP) is 3.97. The van der Waals surface area contributed by atoms with E-state index < -0.39 is 5.97 Å². The van der Waals surface area contributed by atoms with Gasteiger partial charge in [0.05, 0.1) is 0 Å². The van der Waals surface area contributed by atoms with Crippen LogP contribution in [-0.2, 0) is 4.79 Å². The van der Waals surface area contributed by atoms with Gasteiger partial charge >= 0.3 is 5.97 Å². The molecule has 0 saturated heterocycles. The van der Waals surface area contributed by atoms with Gasteiger partial charge in [0.25, 0.3) is 0 Å². The number of fused-ring (bicyclic) bond motifs is 1. The Bertz CT molecular complexity index is 938. The lowest BCUT2D eigenvalue weighted by molar-refractivity contribution is -0.131. The number of carboxylic acids is 1. The van der Waals surface area contributed by atoms with Crippen LogP contribution in [0.15, 0.2) is 53.0 Å². The van der Waals surface area contributed by atoms with Gasteiger partial charge in [-0.25, -0.2) is 4.79 Å². The van der Waals surface area contributed by atoms with Crippen molar-refractivity contribution < 1.29 is 19.4 Å². The molecule has 122 valence electrons. The molecule has 0 amide bonds. The third-order valence-electron chi connectivity index (χ3n) is 3.68. The second-order valence-corrected chi connectivity index (χ2v) is 5.69. The van der Waals surface area contributed by atoms with Crippen molar-refractivity contribution in [1.29, 1.82) is 0 Å². The Morgan fingerprint density at radius 1 is 1.17 bits per heavy atom. The molecule has 0 aliphatic carbocycles. The van der Waals surface area contributed by atoms with Gasteiger partial charge in [-0.15, -0.1) is 0 Å². The van der Waals surface area contributed by atoms with E-state index in [-0.39, 0.29) is 5.75 Å². The van der Waals surface area contributed by atoms with Crippen molar-refractivity contribution in [3.05, 3.63) is 54.1 Å². The van der Waals surface area contributed by atoms with Gasteiger partial charge in [-0.1, -0.05) is 12.1 Å². The number of anilines is 1. The van der Waals surface area contributed by atoms with Crippen molar-refractivity contribution in [3.8, 4) is 17.1 Å². The molecule has 0 saturated carbocycles. The number of carbonyl (C=O) groups is 1. The molecular formula is C19H17NO4. The average Bonchev–Trinajstić information content (AvgIpc) is 2.98. The molecule has 0 spiro atoms. The van der Waals surface area contributed by atoms with Crippen molar-refractivity contribution in [2.24, 2.45) is 0 Å². The van der Waals surface area contributed by atoms with Crippen LogP contribution in [0.4, 0.5) is 5.69 Å². The van der Waals surface area contributed by atoms with Gasteiger partial charge in [0, 0.05) is 36.8 Å². The predicted molar refractivity (Wildman–Crippen MR) is 94.3 cm³/mol. The number of hydrogen-bond acceptors (Lipinski definition) is 4. The highest BCUT2D eigenvalue weighted by Crippen LogP contribution is 2.35. The standard InChI is InChI=1S/C19H17NO4/c1-20(2)15-5-3-4-13(10-15)17-11-14-8-12(6-7-18(22)23)9-16(21)19(14)24-17/h3-11,21H,1-2H3,(H,22,23)/b7-6+. The van der Waals surface area contributed by atoms with Gasteiger partial charge in [0.1, 0.15) is 5.76 Å². The van der Waals surface area contributed by atoms with E-state index in [2.05, 4.69) is 0 Å². The molecule has 2 aromatic carbocycles. The number of nitrogens with zero attached hydrogens (tertiary/aromatic N) is 1.